The van der Waals surface area contributed by atoms with Crippen LogP contribution in [0.3, 0.4) is 0 Å². The molecule has 0 bridgehead atoms. The summed E-state index contributed by atoms with van der Waals surface area (Å²) in [6.45, 7) is 4.43. The number of hydrogen-bond donors (Lipinski definition) is 0. The molecule has 0 nitrogen and oxygen atoms in total. The van der Waals surface area contributed by atoms with Gasteiger partial charge in [0.2, 0.25) is 0 Å². The monoisotopic (exact) mass is 348 g/mol. The Morgan fingerprint density at radius 3 is 1.52 bits per heavy atom. The zero-order valence-electron chi connectivity index (χ0n) is 15.9. The van der Waals surface area contributed by atoms with Crippen molar-refractivity contribution in [2.45, 2.75) is 19.8 Å². The molecule has 0 aliphatic heterocycles. The van der Waals surface area contributed by atoms with Gasteiger partial charge in [-0.15, -0.1) is 0 Å². The van der Waals surface area contributed by atoms with Gasteiger partial charge >= 0.3 is 0 Å². The third kappa shape index (κ3) is 3.44. The van der Waals surface area contributed by atoms with E-state index in [-0.39, 0.29) is 5.92 Å². The molecular formula is C27H24. The van der Waals surface area contributed by atoms with Crippen molar-refractivity contribution >= 4 is 0 Å². The number of benzene rings is 4. The third-order valence-corrected chi connectivity index (χ3v) is 5.31. The minimum atomic E-state index is 0.211. The van der Waals surface area contributed by atoms with E-state index < -0.39 is 0 Å². The molecule has 4 aromatic carbocycles. The molecule has 0 amide bonds. The van der Waals surface area contributed by atoms with Crippen LogP contribution in [0.15, 0.2) is 103 Å². The lowest BCUT2D eigenvalue weighted by molar-refractivity contribution is 0.965. The maximum atomic E-state index is 2.27. The molecule has 132 valence electrons. The van der Waals surface area contributed by atoms with Gasteiger partial charge in [0, 0.05) is 5.92 Å². The third-order valence-electron chi connectivity index (χ3n) is 5.31. The van der Waals surface area contributed by atoms with Gasteiger partial charge in [0.05, 0.1) is 0 Å². The summed E-state index contributed by atoms with van der Waals surface area (Å²) >= 11 is 0. The van der Waals surface area contributed by atoms with E-state index in [9.17, 15) is 0 Å². The predicted molar refractivity (Wildman–Crippen MR) is 115 cm³/mol. The lowest BCUT2D eigenvalue weighted by Crippen LogP contribution is -2.07. The van der Waals surface area contributed by atoms with Gasteiger partial charge in [-0.25, -0.2) is 0 Å². The zero-order valence-corrected chi connectivity index (χ0v) is 15.9. The molecule has 0 spiro atoms. The quantitative estimate of drug-likeness (QED) is 0.343. The molecule has 0 unspecified atom stereocenters. The topological polar surface area (TPSA) is 0 Å². The second-order valence-corrected chi connectivity index (χ2v) is 7.11. The Bertz CT molecular complexity index is 990. The Morgan fingerprint density at radius 1 is 0.444 bits per heavy atom. The van der Waals surface area contributed by atoms with Crippen molar-refractivity contribution in [3.8, 4) is 11.1 Å². The standard InChI is InChI=1S/C27H24/c1-20-12-9-10-18-24(20)25-19-11-13-21(2)26(25)27(22-14-5-3-6-15-22)23-16-7-4-8-17-23/h3-19,27H,1-2H3. The van der Waals surface area contributed by atoms with E-state index in [0.717, 1.165) is 0 Å². The van der Waals surface area contributed by atoms with Gasteiger partial charge in [-0.1, -0.05) is 103 Å². The summed E-state index contributed by atoms with van der Waals surface area (Å²) in [6.07, 6.45) is 0. The highest BCUT2D eigenvalue weighted by molar-refractivity contribution is 5.74. The van der Waals surface area contributed by atoms with Gasteiger partial charge in [0.1, 0.15) is 0 Å². The van der Waals surface area contributed by atoms with Crippen LogP contribution in [-0.2, 0) is 0 Å². The van der Waals surface area contributed by atoms with Crippen molar-refractivity contribution in [3.63, 3.8) is 0 Å². The lowest BCUT2D eigenvalue weighted by Gasteiger charge is -2.25. The Morgan fingerprint density at radius 2 is 0.926 bits per heavy atom. The number of rotatable bonds is 4. The summed E-state index contributed by atoms with van der Waals surface area (Å²) < 4.78 is 0. The fourth-order valence-corrected chi connectivity index (χ4v) is 3.99. The zero-order chi connectivity index (χ0) is 18.6. The molecule has 0 heteroatoms. The molecule has 4 rings (SSSR count). The Labute approximate surface area is 162 Å². The van der Waals surface area contributed by atoms with Gasteiger partial charge in [-0.05, 0) is 52.8 Å². The van der Waals surface area contributed by atoms with E-state index in [2.05, 4.69) is 117 Å². The average Bonchev–Trinajstić information content (AvgIpc) is 2.72. The molecule has 0 saturated carbocycles. The van der Waals surface area contributed by atoms with E-state index in [1.807, 2.05) is 0 Å². The molecule has 0 saturated heterocycles. The number of aryl methyl sites for hydroxylation is 2. The van der Waals surface area contributed by atoms with Crippen LogP contribution in [0.4, 0.5) is 0 Å². The van der Waals surface area contributed by atoms with Crippen LogP contribution in [0.2, 0.25) is 0 Å². The fraction of sp³-hybridized carbons (Fsp3) is 0.111. The minimum Gasteiger partial charge on any atom is -0.0622 e. The van der Waals surface area contributed by atoms with Gasteiger partial charge in [-0.3, -0.25) is 0 Å². The highest BCUT2D eigenvalue weighted by atomic mass is 14.3. The maximum absolute atomic E-state index is 2.27. The lowest BCUT2D eigenvalue weighted by atomic mass is 9.79. The highest BCUT2D eigenvalue weighted by Crippen LogP contribution is 2.40. The first-order chi connectivity index (χ1) is 13.3. The molecule has 27 heavy (non-hydrogen) atoms. The molecule has 0 N–H and O–H groups in total. The smallest absolute Gasteiger partial charge is 0.0348 e. The van der Waals surface area contributed by atoms with Crippen molar-refractivity contribution in [1.29, 1.82) is 0 Å². The van der Waals surface area contributed by atoms with Crippen molar-refractivity contribution in [2.75, 3.05) is 0 Å². The average molecular weight is 348 g/mol. The summed E-state index contributed by atoms with van der Waals surface area (Å²) in [4.78, 5) is 0. The largest absolute Gasteiger partial charge is 0.0622 e. The van der Waals surface area contributed by atoms with E-state index in [1.165, 1.54) is 38.9 Å². The normalized spacial score (nSPS) is 10.9. The Kier molecular flexibility index (Phi) is 4.89. The van der Waals surface area contributed by atoms with E-state index in [1.54, 1.807) is 0 Å². The summed E-state index contributed by atoms with van der Waals surface area (Å²) in [5.74, 6) is 0.211. The van der Waals surface area contributed by atoms with Gasteiger partial charge < -0.3 is 0 Å². The predicted octanol–water partition coefficient (Wildman–Crippen LogP) is 7.15. The van der Waals surface area contributed by atoms with Crippen LogP contribution >= 0.6 is 0 Å². The Hall–Kier alpha value is -3.12. The second-order valence-electron chi connectivity index (χ2n) is 7.11. The van der Waals surface area contributed by atoms with E-state index >= 15 is 0 Å². The second kappa shape index (κ2) is 7.63. The molecule has 0 aromatic heterocycles. The van der Waals surface area contributed by atoms with Crippen molar-refractivity contribution in [3.05, 3.63) is 131 Å². The van der Waals surface area contributed by atoms with Crippen molar-refractivity contribution in [2.24, 2.45) is 0 Å². The summed E-state index contributed by atoms with van der Waals surface area (Å²) in [7, 11) is 0. The first kappa shape index (κ1) is 17.3. The highest BCUT2D eigenvalue weighted by Gasteiger charge is 2.22. The molecule has 0 aliphatic carbocycles. The van der Waals surface area contributed by atoms with Crippen LogP contribution in [-0.4, -0.2) is 0 Å². The van der Waals surface area contributed by atoms with Gasteiger partial charge in [0.15, 0.2) is 0 Å². The molecule has 4 aromatic rings. The molecule has 0 heterocycles. The summed E-state index contributed by atoms with van der Waals surface area (Å²) in [5, 5.41) is 0. The first-order valence-corrected chi connectivity index (χ1v) is 9.51. The van der Waals surface area contributed by atoms with Gasteiger partial charge in [-0.2, -0.15) is 0 Å². The van der Waals surface area contributed by atoms with E-state index in [0.29, 0.717) is 0 Å². The minimum absolute atomic E-state index is 0.211. The van der Waals surface area contributed by atoms with E-state index in [4.69, 9.17) is 0 Å². The van der Waals surface area contributed by atoms with Crippen LogP contribution < -0.4 is 0 Å². The molecular weight excluding hydrogens is 324 g/mol. The Balaban J connectivity index is 2.01. The summed E-state index contributed by atoms with van der Waals surface area (Å²) in [6, 6.07) is 37.0. The van der Waals surface area contributed by atoms with Crippen molar-refractivity contribution in [1.82, 2.24) is 0 Å². The molecule has 0 aliphatic rings. The molecule has 0 atom stereocenters. The SMILES string of the molecule is Cc1ccccc1-c1cccc(C)c1C(c1ccccc1)c1ccccc1. The van der Waals surface area contributed by atoms with Crippen LogP contribution in [0.5, 0.6) is 0 Å². The molecule has 0 fully saturated rings. The van der Waals surface area contributed by atoms with Crippen LogP contribution in [0.1, 0.15) is 33.7 Å². The maximum Gasteiger partial charge on any atom is 0.0348 e. The summed E-state index contributed by atoms with van der Waals surface area (Å²) in [5.41, 5.74) is 9.32. The van der Waals surface area contributed by atoms with Crippen LogP contribution in [0.25, 0.3) is 11.1 Å². The van der Waals surface area contributed by atoms with Gasteiger partial charge in [0.25, 0.3) is 0 Å². The fourth-order valence-electron chi connectivity index (χ4n) is 3.99. The van der Waals surface area contributed by atoms with Crippen LogP contribution in [0, 0.1) is 13.8 Å². The number of hydrogen-bond acceptors (Lipinski definition) is 0. The first-order valence-electron chi connectivity index (χ1n) is 9.51. The molecule has 0 radical (unpaired) electrons. The van der Waals surface area contributed by atoms with Crippen molar-refractivity contribution < 1.29 is 0 Å².